The second-order valence-corrected chi connectivity index (χ2v) is 3.98. The zero-order chi connectivity index (χ0) is 11.7. The number of carboxylic acid groups (broad SMARTS) is 1. The van der Waals surface area contributed by atoms with Gasteiger partial charge in [-0.25, -0.2) is 4.79 Å². The molecule has 2 rings (SSSR count). The van der Waals surface area contributed by atoms with Crippen LogP contribution in [0.15, 0.2) is 24.3 Å². The summed E-state index contributed by atoms with van der Waals surface area (Å²) >= 11 is 0. The number of likely N-dealkylation sites (tertiary alicyclic amines) is 1. The van der Waals surface area contributed by atoms with Crippen molar-refractivity contribution >= 4 is 6.09 Å². The van der Waals surface area contributed by atoms with Gasteiger partial charge in [-0.1, -0.05) is 12.1 Å². The van der Waals surface area contributed by atoms with E-state index in [9.17, 15) is 9.90 Å². The van der Waals surface area contributed by atoms with Crippen molar-refractivity contribution in [3.05, 3.63) is 29.8 Å². The van der Waals surface area contributed by atoms with Crippen molar-refractivity contribution in [3.8, 4) is 5.75 Å². The molecule has 1 aliphatic heterocycles. The third kappa shape index (κ3) is 1.94. The molecule has 1 aromatic carbocycles. The van der Waals surface area contributed by atoms with Crippen LogP contribution in [0, 0.1) is 5.92 Å². The number of benzene rings is 1. The molecule has 0 aliphatic carbocycles. The Morgan fingerprint density at radius 3 is 2.38 bits per heavy atom. The number of hydrogen-bond donors (Lipinski definition) is 3. The molecule has 1 heterocycles. The maximum absolute atomic E-state index is 10.5. The van der Waals surface area contributed by atoms with Crippen molar-refractivity contribution in [2.24, 2.45) is 5.92 Å². The summed E-state index contributed by atoms with van der Waals surface area (Å²) in [6.45, 7) is 0.717. The van der Waals surface area contributed by atoms with E-state index in [-0.39, 0.29) is 11.7 Å². The fourth-order valence-corrected chi connectivity index (χ4v) is 1.81. The van der Waals surface area contributed by atoms with E-state index in [4.69, 9.17) is 10.2 Å². The van der Waals surface area contributed by atoms with Gasteiger partial charge in [0.1, 0.15) is 5.75 Å². The van der Waals surface area contributed by atoms with Gasteiger partial charge in [0.25, 0.3) is 0 Å². The van der Waals surface area contributed by atoms with Gasteiger partial charge in [0.2, 0.25) is 0 Å². The highest BCUT2D eigenvalue weighted by Gasteiger charge is 2.35. The summed E-state index contributed by atoms with van der Waals surface area (Å²) in [7, 11) is 0. The monoisotopic (exact) mass is 223 g/mol. The Hall–Kier alpha value is -1.75. The Labute approximate surface area is 92.6 Å². The number of rotatable bonds is 2. The van der Waals surface area contributed by atoms with Gasteiger partial charge < -0.3 is 20.2 Å². The molecule has 1 fully saturated rings. The molecular formula is C11H13NO4. The third-order valence-corrected chi connectivity index (χ3v) is 2.86. The highest BCUT2D eigenvalue weighted by atomic mass is 16.4. The van der Waals surface area contributed by atoms with Crippen LogP contribution in [-0.2, 0) is 0 Å². The summed E-state index contributed by atoms with van der Waals surface area (Å²) in [5.41, 5.74) is 0.702. The minimum absolute atomic E-state index is 0.0550. The predicted molar refractivity (Wildman–Crippen MR) is 56.2 cm³/mol. The Kier molecular flexibility index (Phi) is 2.70. The van der Waals surface area contributed by atoms with Gasteiger partial charge in [-0.15, -0.1) is 0 Å². The van der Waals surface area contributed by atoms with Gasteiger partial charge in [0.05, 0.1) is 6.10 Å². The van der Waals surface area contributed by atoms with Crippen LogP contribution < -0.4 is 0 Å². The van der Waals surface area contributed by atoms with E-state index >= 15 is 0 Å². The van der Waals surface area contributed by atoms with E-state index in [0.29, 0.717) is 18.7 Å². The van der Waals surface area contributed by atoms with Crippen molar-refractivity contribution in [1.82, 2.24) is 4.90 Å². The van der Waals surface area contributed by atoms with Gasteiger partial charge in [0.15, 0.2) is 0 Å². The fourth-order valence-electron chi connectivity index (χ4n) is 1.81. The Balaban J connectivity index is 1.97. The number of phenolic OH excluding ortho intramolecular Hbond substituents is 1. The van der Waals surface area contributed by atoms with Crippen LogP contribution in [0.4, 0.5) is 4.79 Å². The zero-order valence-corrected chi connectivity index (χ0v) is 8.58. The predicted octanol–water partition coefficient (Wildman–Crippen LogP) is 1.04. The minimum Gasteiger partial charge on any atom is -0.508 e. The maximum Gasteiger partial charge on any atom is 0.407 e. The summed E-state index contributed by atoms with van der Waals surface area (Å²) in [6.07, 6.45) is -1.62. The lowest BCUT2D eigenvalue weighted by Gasteiger charge is -2.39. The molecule has 1 aliphatic rings. The van der Waals surface area contributed by atoms with E-state index in [1.165, 1.54) is 17.0 Å². The Bertz CT molecular complexity index is 383. The average Bonchev–Trinajstić information content (AvgIpc) is 2.15. The summed E-state index contributed by atoms with van der Waals surface area (Å²) in [5, 5.41) is 27.7. The van der Waals surface area contributed by atoms with Gasteiger partial charge >= 0.3 is 6.09 Å². The van der Waals surface area contributed by atoms with Gasteiger partial charge in [-0.05, 0) is 17.7 Å². The smallest absolute Gasteiger partial charge is 0.407 e. The normalized spacial score (nSPS) is 17.9. The fraction of sp³-hybridized carbons (Fsp3) is 0.364. The van der Waals surface area contributed by atoms with Crippen LogP contribution in [0.25, 0.3) is 0 Å². The summed E-state index contributed by atoms with van der Waals surface area (Å²) < 4.78 is 0. The average molecular weight is 223 g/mol. The number of aliphatic hydroxyl groups is 1. The molecule has 3 N–H and O–H groups in total. The SMILES string of the molecule is O=C(O)N1CC(C(O)c2ccc(O)cc2)C1. The molecule has 0 aromatic heterocycles. The van der Waals surface area contributed by atoms with Crippen LogP contribution in [-0.4, -0.2) is 39.4 Å². The van der Waals surface area contributed by atoms with Gasteiger partial charge in [0, 0.05) is 19.0 Å². The van der Waals surface area contributed by atoms with Crippen molar-refractivity contribution < 1.29 is 20.1 Å². The van der Waals surface area contributed by atoms with E-state index < -0.39 is 12.2 Å². The molecule has 0 radical (unpaired) electrons. The Morgan fingerprint density at radius 1 is 1.31 bits per heavy atom. The van der Waals surface area contributed by atoms with E-state index in [0.717, 1.165) is 0 Å². The first-order chi connectivity index (χ1) is 7.58. The van der Waals surface area contributed by atoms with Crippen LogP contribution in [0.2, 0.25) is 0 Å². The molecule has 0 spiro atoms. The lowest BCUT2D eigenvalue weighted by Crippen LogP contribution is -2.51. The van der Waals surface area contributed by atoms with E-state index in [1.54, 1.807) is 12.1 Å². The van der Waals surface area contributed by atoms with Crippen molar-refractivity contribution in [2.75, 3.05) is 13.1 Å². The molecule has 5 heteroatoms. The number of aromatic hydroxyl groups is 1. The Morgan fingerprint density at radius 2 is 1.88 bits per heavy atom. The minimum atomic E-state index is -0.950. The highest BCUT2D eigenvalue weighted by molar-refractivity contribution is 5.66. The molecule has 1 aromatic rings. The first-order valence-electron chi connectivity index (χ1n) is 5.03. The number of amides is 1. The number of nitrogens with zero attached hydrogens (tertiary/aromatic N) is 1. The first kappa shape index (κ1) is 10.8. The quantitative estimate of drug-likeness (QED) is 0.699. The number of phenols is 1. The van der Waals surface area contributed by atoms with Gasteiger partial charge in [-0.2, -0.15) is 0 Å². The number of aliphatic hydroxyl groups excluding tert-OH is 1. The molecule has 0 saturated carbocycles. The van der Waals surface area contributed by atoms with Gasteiger partial charge in [-0.3, -0.25) is 0 Å². The molecule has 16 heavy (non-hydrogen) atoms. The molecule has 1 saturated heterocycles. The summed E-state index contributed by atoms with van der Waals surface area (Å²) in [6, 6.07) is 6.30. The van der Waals surface area contributed by atoms with Crippen molar-refractivity contribution in [1.29, 1.82) is 0 Å². The molecule has 1 unspecified atom stereocenters. The zero-order valence-electron chi connectivity index (χ0n) is 8.58. The molecule has 1 atom stereocenters. The second kappa shape index (κ2) is 4.02. The number of carbonyl (C=O) groups is 1. The van der Waals surface area contributed by atoms with Crippen LogP contribution in [0.3, 0.4) is 0 Å². The second-order valence-electron chi connectivity index (χ2n) is 3.98. The van der Waals surface area contributed by atoms with Crippen molar-refractivity contribution in [3.63, 3.8) is 0 Å². The van der Waals surface area contributed by atoms with E-state index in [2.05, 4.69) is 0 Å². The highest BCUT2D eigenvalue weighted by Crippen LogP contribution is 2.30. The molecule has 0 bridgehead atoms. The third-order valence-electron chi connectivity index (χ3n) is 2.86. The molecule has 86 valence electrons. The first-order valence-corrected chi connectivity index (χ1v) is 5.03. The standard InChI is InChI=1S/C11H13NO4/c13-9-3-1-7(2-4-9)10(14)8-5-12(6-8)11(15)16/h1-4,8,10,13-14H,5-6H2,(H,15,16). The molecular weight excluding hydrogens is 210 g/mol. The lowest BCUT2D eigenvalue weighted by molar-refractivity contribution is 0.00281. The largest absolute Gasteiger partial charge is 0.508 e. The van der Waals surface area contributed by atoms with Crippen molar-refractivity contribution in [2.45, 2.75) is 6.10 Å². The maximum atomic E-state index is 10.5. The molecule has 5 nitrogen and oxygen atoms in total. The lowest BCUT2D eigenvalue weighted by atomic mass is 9.89. The topological polar surface area (TPSA) is 81.0 Å². The number of hydrogen-bond acceptors (Lipinski definition) is 3. The molecule has 1 amide bonds. The van der Waals surface area contributed by atoms with Crippen LogP contribution in [0.5, 0.6) is 5.75 Å². The summed E-state index contributed by atoms with van der Waals surface area (Å²) in [5.74, 6) is 0.0948. The summed E-state index contributed by atoms with van der Waals surface area (Å²) in [4.78, 5) is 11.8. The van der Waals surface area contributed by atoms with Crippen LogP contribution >= 0.6 is 0 Å². The van der Waals surface area contributed by atoms with E-state index in [1.807, 2.05) is 0 Å². The van der Waals surface area contributed by atoms with Crippen LogP contribution in [0.1, 0.15) is 11.7 Å².